The summed E-state index contributed by atoms with van der Waals surface area (Å²) in [6, 6.07) is 13.7. The Hall–Kier alpha value is -2.11. The first-order chi connectivity index (χ1) is 9.69. The molecule has 0 aromatic heterocycles. The van der Waals surface area contributed by atoms with Gasteiger partial charge in [-0.25, -0.2) is 0 Å². The van der Waals surface area contributed by atoms with Crippen LogP contribution in [0.3, 0.4) is 0 Å². The first kappa shape index (κ1) is 14.3. The zero-order valence-electron chi connectivity index (χ0n) is 11.3. The molecule has 2 rings (SSSR count). The second-order valence-corrected chi connectivity index (χ2v) is 4.89. The second-order valence-electron chi connectivity index (χ2n) is 4.45. The molecular formula is C17H16ClNO. The molecule has 0 radical (unpaired) electrons. The van der Waals surface area contributed by atoms with Gasteiger partial charge in [0.05, 0.1) is 0 Å². The van der Waals surface area contributed by atoms with E-state index in [4.69, 9.17) is 22.8 Å². The molecule has 2 aromatic rings. The molecule has 0 bridgehead atoms. The van der Waals surface area contributed by atoms with Gasteiger partial charge in [0.1, 0.15) is 12.4 Å². The summed E-state index contributed by atoms with van der Waals surface area (Å²) in [6.45, 7) is 3.07. The van der Waals surface area contributed by atoms with E-state index in [-0.39, 0.29) is 0 Å². The lowest BCUT2D eigenvalue weighted by Crippen LogP contribution is -2.01. The number of hydrogen-bond donors (Lipinski definition) is 1. The van der Waals surface area contributed by atoms with Gasteiger partial charge in [-0.2, -0.15) is 0 Å². The third kappa shape index (κ3) is 3.94. The minimum atomic E-state index is 0.291. The zero-order valence-corrected chi connectivity index (χ0v) is 12.1. The van der Waals surface area contributed by atoms with Crippen LogP contribution in [0.25, 0.3) is 0 Å². The van der Waals surface area contributed by atoms with Crippen LogP contribution < -0.4 is 10.1 Å². The van der Waals surface area contributed by atoms with Crippen LogP contribution in [0.5, 0.6) is 5.75 Å². The molecule has 0 aliphatic carbocycles. The minimum absolute atomic E-state index is 0.291. The molecule has 0 aliphatic rings. The van der Waals surface area contributed by atoms with Crippen LogP contribution in [0.1, 0.15) is 11.1 Å². The number of ether oxygens (including phenoxy) is 1. The number of halogens is 1. The van der Waals surface area contributed by atoms with E-state index in [1.165, 1.54) is 5.56 Å². The van der Waals surface area contributed by atoms with Crippen molar-refractivity contribution in [3.05, 3.63) is 58.6 Å². The predicted molar refractivity (Wildman–Crippen MR) is 84.3 cm³/mol. The van der Waals surface area contributed by atoms with Crippen molar-refractivity contribution in [2.75, 3.05) is 11.9 Å². The van der Waals surface area contributed by atoms with Crippen LogP contribution in [0.2, 0.25) is 5.02 Å². The number of benzene rings is 2. The van der Waals surface area contributed by atoms with E-state index in [2.05, 4.69) is 18.2 Å². The average molecular weight is 286 g/mol. The fourth-order valence-corrected chi connectivity index (χ4v) is 1.98. The standard InChI is InChI=1S/C17H16ClNO/c1-3-10-20-16-8-5-14(6-9-16)12-19-17-11-15(18)7-4-13(17)2/h1,4-9,11,19H,10,12H2,2H3. The third-order valence-electron chi connectivity index (χ3n) is 2.93. The summed E-state index contributed by atoms with van der Waals surface area (Å²) in [5.41, 5.74) is 3.38. The van der Waals surface area contributed by atoms with Crippen molar-refractivity contribution >= 4 is 17.3 Å². The van der Waals surface area contributed by atoms with Crippen LogP contribution >= 0.6 is 11.6 Å². The van der Waals surface area contributed by atoms with E-state index >= 15 is 0 Å². The summed E-state index contributed by atoms with van der Waals surface area (Å²) in [5, 5.41) is 4.11. The number of hydrogen-bond acceptors (Lipinski definition) is 2. The van der Waals surface area contributed by atoms with Crippen LogP contribution in [0, 0.1) is 19.3 Å². The van der Waals surface area contributed by atoms with Gasteiger partial charge < -0.3 is 10.1 Å². The normalized spacial score (nSPS) is 9.85. The van der Waals surface area contributed by atoms with Gasteiger partial charge in [-0.3, -0.25) is 0 Å². The first-order valence-corrected chi connectivity index (χ1v) is 6.72. The third-order valence-corrected chi connectivity index (χ3v) is 3.16. The maximum atomic E-state index is 6.00. The fourth-order valence-electron chi connectivity index (χ4n) is 1.81. The lowest BCUT2D eigenvalue weighted by Gasteiger charge is -2.10. The van der Waals surface area contributed by atoms with Gasteiger partial charge in [0, 0.05) is 17.3 Å². The molecule has 20 heavy (non-hydrogen) atoms. The highest BCUT2D eigenvalue weighted by Gasteiger charge is 2.00. The minimum Gasteiger partial charge on any atom is -0.481 e. The maximum absolute atomic E-state index is 6.00. The highest BCUT2D eigenvalue weighted by molar-refractivity contribution is 6.30. The van der Waals surface area contributed by atoms with E-state index in [1.54, 1.807) is 0 Å². The van der Waals surface area contributed by atoms with Gasteiger partial charge in [0.2, 0.25) is 0 Å². The largest absolute Gasteiger partial charge is 0.481 e. The zero-order chi connectivity index (χ0) is 14.4. The lowest BCUT2D eigenvalue weighted by atomic mass is 10.1. The molecule has 0 aliphatic heterocycles. The summed E-state index contributed by atoms with van der Waals surface area (Å²) < 4.78 is 5.33. The predicted octanol–water partition coefficient (Wildman–Crippen LogP) is 4.27. The Bertz CT molecular complexity index is 614. The summed E-state index contributed by atoms with van der Waals surface area (Å²) >= 11 is 6.00. The second kappa shape index (κ2) is 6.88. The Kier molecular flexibility index (Phi) is 4.92. The average Bonchev–Trinajstić information content (AvgIpc) is 2.47. The van der Waals surface area contributed by atoms with Crippen LogP contribution in [0.4, 0.5) is 5.69 Å². The molecule has 0 saturated heterocycles. The van der Waals surface area contributed by atoms with Gasteiger partial charge in [-0.1, -0.05) is 35.7 Å². The monoisotopic (exact) mass is 285 g/mol. The van der Waals surface area contributed by atoms with Gasteiger partial charge in [-0.15, -0.1) is 6.42 Å². The molecule has 0 saturated carbocycles. The molecule has 2 aromatic carbocycles. The molecule has 0 amide bonds. The van der Waals surface area contributed by atoms with Crippen LogP contribution in [0.15, 0.2) is 42.5 Å². The maximum Gasteiger partial charge on any atom is 0.148 e. The van der Waals surface area contributed by atoms with E-state index in [1.807, 2.05) is 42.5 Å². The van der Waals surface area contributed by atoms with Gasteiger partial charge >= 0.3 is 0 Å². The Balaban J connectivity index is 1.97. The topological polar surface area (TPSA) is 21.3 Å². The van der Waals surface area contributed by atoms with Gasteiger partial charge in [0.15, 0.2) is 0 Å². The molecule has 0 fully saturated rings. The summed E-state index contributed by atoms with van der Waals surface area (Å²) in [7, 11) is 0. The summed E-state index contributed by atoms with van der Waals surface area (Å²) in [5.74, 6) is 3.22. The summed E-state index contributed by atoms with van der Waals surface area (Å²) in [6.07, 6.45) is 5.15. The quantitative estimate of drug-likeness (QED) is 0.828. The Morgan fingerprint density at radius 3 is 2.65 bits per heavy atom. The van der Waals surface area contributed by atoms with Crippen molar-refractivity contribution in [2.24, 2.45) is 0 Å². The highest BCUT2D eigenvalue weighted by atomic mass is 35.5. The van der Waals surface area contributed by atoms with Crippen molar-refractivity contribution in [1.29, 1.82) is 0 Å². The molecule has 3 heteroatoms. The van der Waals surface area contributed by atoms with Gasteiger partial charge in [-0.05, 0) is 42.3 Å². The van der Waals surface area contributed by atoms with Crippen molar-refractivity contribution in [3.8, 4) is 18.1 Å². The number of terminal acetylenes is 1. The molecule has 0 atom stereocenters. The molecule has 0 spiro atoms. The van der Waals surface area contributed by atoms with E-state index in [0.717, 1.165) is 28.6 Å². The van der Waals surface area contributed by atoms with E-state index in [0.29, 0.717) is 6.61 Å². The molecule has 0 unspecified atom stereocenters. The fraction of sp³-hybridized carbons (Fsp3) is 0.176. The molecule has 0 heterocycles. The van der Waals surface area contributed by atoms with E-state index in [9.17, 15) is 0 Å². The van der Waals surface area contributed by atoms with Gasteiger partial charge in [0.25, 0.3) is 0 Å². The number of nitrogens with one attached hydrogen (secondary N) is 1. The molecule has 2 nitrogen and oxygen atoms in total. The van der Waals surface area contributed by atoms with Crippen molar-refractivity contribution in [2.45, 2.75) is 13.5 Å². The first-order valence-electron chi connectivity index (χ1n) is 6.34. The van der Waals surface area contributed by atoms with E-state index < -0.39 is 0 Å². The molecule has 1 N–H and O–H groups in total. The smallest absolute Gasteiger partial charge is 0.148 e. The number of rotatable bonds is 5. The lowest BCUT2D eigenvalue weighted by molar-refractivity contribution is 0.370. The summed E-state index contributed by atoms with van der Waals surface area (Å²) in [4.78, 5) is 0. The van der Waals surface area contributed by atoms with Crippen LogP contribution in [-0.4, -0.2) is 6.61 Å². The highest BCUT2D eigenvalue weighted by Crippen LogP contribution is 2.21. The number of anilines is 1. The molecule has 102 valence electrons. The SMILES string of the molecule is C#CCOc1ccc(CNc2cc(Cl)ccc2C)cc1. The van der Waals surface area contributed by atoms with Crippen molar-refractivity contribution < 1.29 is 4.74 Å². The van der Waals surface area contributed by atoms with Crippen molar-refractivity contribution in [3.63, 3.8) is 0 Å². The van der Waals surface area contributed by atoms with Crippen LogP contribution in [-0.2, 0) is 6.54 Å². The van der Waals surface area contributed by atoms with Crippen molar-refractivity contribution in [1.82, 2.24) is 0 Å². The molecular weight excluding hydrogens is 270 g/mol. The number of aryl methyl sites for hydroxylation is 1. The Labute approximate surface area is 124 Å². The Morgan fingerprint density at radius 2 is 1.95 bits per heavy atom. The Morgan fingerprint density at radius 1 is 1.20 bits per heavy atom.